The van der Waals surface area contributed by atoms with E-state index in [-0.39, 0.29) is 17.4 Å². The Morgan fingerprint density at radius 2 is 1.95 bits per heavy atom. The largest absolute Gasteiger partial charge is 0.467 e. The first kappa shape index (κ1) is 16.1. The highest BCUT2D eigenvalue weighted by Gasteiger charge is 2.15. The van der Waals surface area contributed by atoms with E-state index >= 15 is 0 Å². The van der Waals surface area contributed by atoms with Crippen LogP contribution in [-0.4, -0.2) is 14.4 Å². The van der Waals surface area contributed by atoms with Crippen molar-refractivity contribution in [3.63, 3.8) is 0 Å². The highest BCUT2D eigenvalue weighted by atomic mass is 32.2. The van der Waals surface area contributed by atoms with Crippen LogP contribution in [0, 0.1) is 0 Å². The fourth-order valence-electron chi connectivity index (χ4n) is 1.83. The van der Waals surface area contributed by atoms with Gasteiger partial charge in [0.1, 0.15) is 12.3 Å². The van der Waals surface area contributed by atoms with E-state index < -0.39 is 10.0 Å². The minimum absolute atomic E-state index is 0.146. The Morgan fingerprint density at radius 1 is 1.27 bits per heavy atom. The molecule has 1 aromatic carbocycles. The molecule has 0 unspecified atom stereocenters. The van der Waals surface area contributed by atoms with E-state index in [1.165, 1.54) is 6.26 Å². The van der Waals surface area contributed by atoms with Crippen LogP contribution in [0.5, 0.6) is 0 Å². The molecule has 0 aliphatic rings. The Bertz CT molecular complexity index is 733. The van der Waals surface area contributed by atoms with Crippen molar-refractivity contribution in [1.82, 2.24) is 4.72 Å². The van der Waals surface area contributed by atoms with Crippen LogP contribution in [0.25, 0.3) is 0 Å². The van der Waals surface area contributed by atoms with Gasteiger partial charge in [0.2, 0.25) is 5.96 Å². The zero-order valence-electron chi connectivity index (χ0n) is 12.5. The molecule has 0 aliphatic heterocycles. The van der Waals surface area contributed by atoms with Crippen LogP contribution in [0.4, 0.5) is 0 Å². The molecule has 2 aromatic rings. The van der Waals surface area contributed by atoms with Crippen molar-refractivity contribution in [3.8, 4) is 0 Å². The number of nitrogens with one attached hydrogen (secondary N) is 1. The molecular weight excluding hydrogens is 302 g/mol. The lowest BCUT2D eigenvalue weighted by Gasteiger charge is -2.09. The van der Waals surface area contributed by atoms with Gasteiger partial charge in [0.25, 0.3) is 10.0 Å². The minimum atomic E-state index is -3.73. The number of rotatable bonds is 5. The summed E-state index contributed by atoms with van der Waals surface area (Å²) in [5.74, 6) is 0.761. The summed E-state index contributed by atoms with van der Waals surface area (Å²) in [7, 11) is -3.73. The number of nitrogens with two attached hydrogens (primary N) is 1. The van der Waals surface area contributed by atoms with Crippen LogP contribution in [-0.2, 0) is 16.6 Å². The molecule has 3 N–H and O–H groups in total. The van der Waals surface area contributed by atoms with Crippen LogP contribution in [0.3, 0.4) is 0 Å². The molecular formula is C15H19N3O3S. The third kappa shape index (κ3) is 4.11. The molecule has 0 atom stereocenters. The van der Waals surface area contributed by atoms with E-state index in [0.29, 0.717) is 11.7 Å². The molecule has 0 radical (unpaired) electrons. The lowest BCUT2D eigenvalue weighted by molar-refractivity contribution is 0.512. The summed E-state index contributed by atoms with van der Waals surface area (Å²) < 4.78 is 31.7. The fraction of sp³-hybridized carbons (Fsp3) is 0.267. The topological polar surface area (TPSA) is 97.7 Å². The Kier molecular flexibility index (Phi) is 4.87. The summed E-state index contributed by atoms with van der Waals surface area (Å²) in [5.41, 5.74) is 6.68. The number of furan rings is 1. The zero-order chi connectivity index (χ0) is 16.2. The number of hydrogen-bond donors (Lipinski definition) is 2. The molecule has 118 valence electrons. The predicted molar refractivity (Wildman–Crippen MR) is 84.9 cm³/mol. The Balaban J connectivity index is 2.08. The summed E-state index contributed by atoms with van der Waals surface area (Å²) in [6, 6.07) is 10.1. The van der Waals surface area contributed by atoms with E-state index in [1.54, 1.807) is 36.4 Å². The smallest absolute Gasteiger partial charge is 0.264 e. The maximum atomic E-state index is 12.2. The predicted octanol–water partition coefficient (Wildman–Crippen LogP) is 2.20. The average molecular weight is 321 g/mol. The van der Waals surface area contributed by atoms with Gasteiger partial charge in [-0.25, -0.2) is 18.1 Å². The molecule has 0 amide bonds. The number of guanidine groups is 1. The number of aliphatic imine (C=N–C) groups is 1. The lowest BCUT2D eigenvalue weighted by atomic mass is 10.0. The third-order valence-corrected chi connectivity index (χ3v) is 4.45. The normalized spacial score (nSPS) is 12.6. The van der Waals surface area contributed by atoms with Crippen molar-refractivity contribution in [2.24, 2.45) is 10.7 Å². The first-order chi connectivity index (χ1) is 10.4. The van der Waals surface area contributed by atoms with Crippen molar-refractivity contribution in [1.29, 1.82) is 0 Å². The maximum Gasteiger partial charge on any atom is 0.264 e. The van der Waals surface area contributed by atoms with Crippen molar-refractivity contribution < 1.29 is 12.8 Å². The van der Waals surface area contributed by atoms with E-state index in [9.17, 15) is 8.42 Å². The van der Waals surface area contributed by atoms with Crippen molar-refractivity contribution in [2.45, 2.75) is 31.2 Å². The monoisotopic (exact) mass is 321 g/mol. The standard InChI is InChI=1S/C15H19N3O3S/c1-11(2)12-5-7-14(8-6-12)22(19,20)18-15(16)17-10-13-4-3-9-21-13/h3-9,11H,10H2,1-2H3,(H3,16,17,18). The van der Waals surface area contributed by atoms with E-state index in [2.05, 4.69) is 9.71 Å². The van der Waals surface area contributed by atoms with Gasteiger partial charge in [0.15, 0.2) is 0 Å². The minimum Gasteiger partial charge on any atom is -0.467 e. The second-order valence-electron chi connectivity index (χ2n) is 5.11. The van der Waals surface area contributed by atoms with Crippen molar-refractivity contribution >= 4 is 16.0 Å². The summed E-state index contributed by atoms with van der Waals surface area (Å²) in [5, 5.41) is 0. The van der Waals surface area contributed by atoms with Gasteiger partial charge in [-0.3, -0.25) is 0 Å². The number of nitrogens with zero attached hydrogens (tertiary/aromatic N) is 1. The summed E-state index contributed by atoms with van der Waals surface area (Å²) in [6.45, 7) is 4.26. The van der Waals surface area contributed by atoms with Crippen LogP contribution in [0.2, 0.25) is 0 Å². The second-order valence-corrected chi connectivity index (χ2v) is 6.79. The van der Waals surface area contributed by atoms with E-state index in [0.717, 1.165) is 5.56 Å². The first-order valence-corrected chi connectivity index (χ1v) is 8.32. The summed E-state index contributed by atoms with van der Waals surface area (Å²) in [6.07, 6.45) is 1.52. The molecule has 1 heterocycles. The Morgan fingerprint density at radius 3 is 2.50 bits per heavy atom. The zero-order valence-corrected chi connectivity index (χ0v) is 13.3. The van der Waals surface area contributed by atoms with Gasteiger partial charge in [-0.15, -0.1) is 0 Å². The van der Waals surface area contributed by atoms with E-state index in [4.69, 9.17) is 10.2 Å². The number of benzene rings is 1. The molecule has 0 spiro atoms. The van der Waals surface area contributed by atoms with Crippen molar-refractivity contribution in [2.75, 3.05) is 0 Å². The van der Waals surface area contributed by atoms with Gasteiger partial charge in [-0.2, -0.15) is 0 Å². The lowest BCUT2D eigenvalue weighted by Crippen LogP contribution is -2.36. The fourth-order valence-corrected chi connectivity index (χ4v) is 2.78. The van der Waals surface area contributed by atoms with Gasteiger partial charge >= 0.3 is 0 Å². The molecule has 0 fully saturated rings. The van der Waals surface area contributed by atoms with Gasteiger partial charge in [0.05, 0.1) is 11.2 Å². The average Bonchev–Trinajstić information content (AvgIpc) is 2.98. The van der Waals surface area contributed by atoms with Crippen LogP contribution in [0.1, 0.15) is 31.1 Å². The second kappa shape index (κ2) is 6.65. The van der Waals surface area contributed by atoms with Gasteiger partial charge in [0, 0.05) is 0 Å². The van der Waals surface area contributed by atoms with Crippen LogP contribution >= 0.6 is 0 Å². The van der Waals surface area contributed by atoms with Crippen LogP contribution in [0.15, 0.2) is 57.0 Å². The van der Waals surface area contributed by atoms with E-state index in [1.807, 2.05) is 13.8 Å². The van der Waals surface area contributed by atoms with Gasteiger partial charge < -0.3 is 10.2 Å². The molecule has 2 rings (SSSR count). The quantitative estimate of drug-likeness (QED) is 0.651. The SMILES string of the molecule is CC(C)c1ccc(S(=O)(=O)NC(N)=NCc2ccco2)cc1. The van der Waals surface area contributed by atoms with Crippen LogP contribution < -0.4 is 10.5 Å². The molecule has 22 heavy (non-hydrogen) atoms. The maximum absolute atomic E-state index is 12.2. The molecule has 0 saturated carbocycles. The Labute approximate surface area is 130 Å². The molecule has 1 aromatic heterocycles. The number of hydrogen-bond acceptors (Lipinski definition) is 4. The van der Waals surface area contributed by atoms with Crippen molar-refractivity contribution in [3.05, 3.63) is 54.0 Å². The highest BCUT2D eigenvalue weighted by molar-refractivity contribution is 7.90. The molecule has 0 bridgehead atoms. The number of sulfonamides is 1. The summed E-state index contributed by atoms with van der Waals surface area (Å²) in [4.78, 5) is 4.08. The summed E-state index contributed by atoms with van der Waals surface area (Å²) >= 11 is 0. The Hall–Kier alpha value is -2.28. The molecule has 6 nitrogen and oxygen atoms in total. The molecule has 0 saturated heterocycles. The molecule has 7 heteroatoms. The first-order valence-electron chi connectivity index (χ1n) is 6.83. The highest BCUT2D eigenvalue weighted by Crippen LogP contribution is 2.17. The molecule has 0 aliphatic carbocycles. The van der Waals surface area contributed by atoms with Gasteiger partial charge in [-0.1, -0.05) is 26.0 Å². The third-order valence-electron chi connectivity index (χ3n) is 3.08. The van der Waals surface area contributed by atoms with Gasteiger partial charge in [-0.05, 0) is 35.7 Å².